The van der Waals surface area contributed by atoms with Gasteiger partial charge in [-0.3, -0.25) is 14.3 Å². The maximum Gasteiger partial charge on any atom is 0.295 e. The van der Waals surface area contributed by atoms with Gasteiger partial charge < -0.3 is 14.6 Å². The number of hydrogen-bond donors (Lipinski definition) is 1. The Kier molecular flexibility index (Phi) is 5.46. The zero-order chi connectivity index (χ0) is 22.1. The Bertz CT molecular complexity index is 1150. The molecule has 0 bridgehead atoms. The molecule has 3 aromatic rings. The molecule has 1 aliphatic heterocycles. The number of likely N-dealkylation sites (tertiary alicyclic amines) is 1. The fourth-order valence-electron chi connectivity index (χ4n) is 4.19. The summed E-state index contributed by atoms with van der Waals surface area (Å²) in [6.45, 7) is 4.66. The molecule has 160 valence electrons. The second kappa shape index (κ2) is 8.22. The highest BCUT2D eigenvalue weighted by Crippen LogP contribution is 2.40. The van der Waals surface area contributed by atoms with Crippen LogP contribution in [0, 0.1) is 13.8 Å². The Morgan fingerprint density at radius 3 is 2.48 bits per heavy atom. The number of carbonyl (C=O) groups excluding carboxylic acids is 2. The Balaban J connectivity index is 1.76. The van der Waals surface area contributed by atoms with Gasteiger partial charge in [0.15, 0.2) is 0 Å². The molecular formula is C23H25N5O3. The van der Waals surface area contributed by atoms with E-state index < -0.39 is 17.7 Å². The summed E-state index contributed by atoms with van der Waals surface area (Å²) >= 11 is 0. The fourth-order valence-corrected chi connectivity index (χ4v) is 4.19. The van der Waals surface area contributed by atoms with Crippen molar-refractivity contribution in [1.29, 1.82) is 0 Å². The van der Waals surface area contributed by atoms with Crippen molar-refractivity contribution in [3.63, 3.8) is 0 Å². The van der Waals surface area contributed by atoms with E-state index in [9.17, 15) is 14.7 Å². The van der Waals surface area contributed by atoms with Crippen LogP contribution in [-0.4, -0.2) is 47.6 Å². The summed E-state index contributed by atoms with van der Waals surface area (Å²) < 4.78 is 3.58. The summed E-state index contributed by atoms with van der Waals surface area (Å²) in [6.07, 6.45) is 5.93. The zero-order valence-electron chi connectivity index (χ0n) is 17.8. The van der Waals surface area contributed by atoms with Crippen LogP contribution in [0.25, 0.3) is 5.76 Å². The van der Waals surface area contributed by atoms with Crippen LogP contribution in [0.2, 0.25) is 0 Å². The standard InChI is InChI=1S/C23H25N5O3/c1-15-18(16(2)26(3)25-15)21(29)19-20(17-8-5-4-6-9-17)28(23(31)22(19)30)12-7-11-27-13-10-24-14-27/h4-6,8-10,13-14,20,29H,7,11-12H2,1-3H3/t20-/m1/s1. The summed E-state index contributed by atoms with van der Waals surface area (Å²) in [7, 11) is 1.78. The van der Waals surface area contributed by atoms with Gasteiger partial charge in [-0.2, -0.15) is 5.10 Å². The molecule has 0 unspecified atom stereocenters. The van der Waals surface area contributed by atoms with Gasteiger partial charge in [0, 0.05) is 38.2 Å². The van der Waals surface area contributed by atoms with Crippen molar-refractivity contribution in [1.82, 2.24) is 24.2 Å². The normalized spacial score (nSPS) is 18.2. The van der Waals surface area contributed by atoms with Gasteiger partial charge in [-0.05, 0) is 25.8 Å². The van der Waals surface area contributed by atoms with Crippen molar-refractivity contribution in [3.05, 3.63) is 77.1 Å². The molecule has 8 nitrogen and oxygen atoms in total. The molecular weight excluding hydrogens is 394 g/mol. The molecule has 31 heavy (non-hydrogen) atoms. The van der Waals surface area contributed by atoms with E-state index >= 15 is 0 Å². The highest BCUT2D eigenvalue weighted by Gasteiger charge is 2.46. The molecule has 0 spiro atoms. The minimum atomic E-state index is -0.670. The molecule has 1 fully saturated rings. The number of benzene rings is 1. The van der Waals surface area contributed by atoms with Crippen LogP contribution in [0.4, 0.5) is 0 Å². The largest absolute Gasteiger partial charge is 0.507 e. The first-order valence-corrected chi connectivity index (χ1v) is 10.2. The number of Topliss-reactive ketones (excluding diaryl/α,β-unsaturated/α-hetero) is 1. The summed E-state index contributed by atoms with van der Waals surface area (Å²) in [5.74, 6) is -1.44. The fraction of sp³-hybridized carbons (Fsp3) is 0.304. The number of ketones is 1. The van der Waals surface area contributed by atoms with Gasteiger partial charge >= 0.3 is 0 Å². The highest BCUT2D eigenvalue weighted by molar-refractivity contribution is 6.46. The average molecular weight is 419 g/mol. The molecule has 0 saturated carbocycles. The van der Waals surface area contributed by atoms with E-state index in [1.807, 2.05) is 48.0 Å². The highest BCUT2D eigenvalue weighted by atomic mass is 16.3. The van der Waals surface area contributed by atoms with E-state index in [4.69, 9.17) is 0 Å². The van der Waals surface area contributed by atoms with Gasteiger partial charge in [0.05, 0.1) is 29.2 Å². The predicted octanol–water partition coefficient (Wildman–Crippen LogP) is 2.75. The number of imidazole rings is 1. The molecule has 2 aromatic heterocycles. The summed E-state index contributed by atoms with van der Waals surface area (Å²) in [6, 6.07) is 8.70. The van der Waals surface area contributed by atoms with Crippen LogP contribution < -0.4 is 0 Å². The van der Waals surface area contributed by atoms with Crippen molar-refractivity contribution < 1.29 is 14.7 Å². The lowest BCUT2D eigenvalue weighted by Crippen LogP contribution is -2.31. The van der Waals surface area contributed by atoms with Gasteiger partial charge in [-0.1, -0.05) is 30.3 Å². The summed E-state index contributed by atoms with van der Waals surface area (Å²) in [5, 5.41) is 15.6. The zero-order valence-corrected chi connectivity index (χ0v) is 17.8. The molecule has 3 heterocycles. The molecule has 1 aromatic carbocycles. The van der Waals surface area contributed by atoms with Gasteiger partial charge in [0.2, 0.25) is 0 Å². The van der Waals surface area contributed by atoms with E-state index in [-0.39, 0.29) is 11.3 Å². The second-order valence-corrected chi connectivity index (χ2v) is 7.73. The van der Waals surface area contributed by atoms with Crippen LogP contribution in [0.5, 0.6) is 0 Å². The van der Waals surface area contributed by atoms with E-state index in [0.29, 0.717) is 30.8 Å². The Hall–Kier alpha value is -3.68. The van der Waals surface area contributed by atoms with Gasteiger partial charge in [-0.25, -0.2) is 4.98 Å². The van der Waals surface area contributed by atoms with Crippen molar-refractivity contribution in [2.75, 3.05) is 6.54 Å². The molecule has 0 aliphatic carbocycles. The molecule has 1 amide bonds. The first-order valence-electron chi connectivity index (χ1n) is 10.2. The van der Waals surface area contributed by atoms with Gasteiger partial charge in [0.1, 0.15) is 5.76 Å². The van der Waals surface area contributed by atoms with E-state index in [2.05, 4.69) is 10.1 Å². The monoisotopic (exact) mass is 419 g/mol. The van der Waals surface area contributed by atoms with Crippen molar-refractivity contribution in [2.45, 2.75) is 32.9 Å². The molecule has 1 saturated heterocycles. The average Bonchev–Trinajstić information content (AvgIpc) is 3.43. The first-order chi connectivity index (χ1) is 14.9. The maximum atomic E-state index is 13.1. The topological polar surface area (TPSA) is 93.2 Å². The Labute approximate surface area is 180 Å². The Morgan fingerprint density at radius 1 is 1.13 bits per heavy atom. The van der Waals surface area contributed by atoms with Crippen molar-refractivity contribution >= 4 is 17.4 Å². The number of nitrogens with zero attached hydrogens (tertiary/aromatic N) is 5. The molecule has 1 atom stereocenters. The lowest BCUT2D eigenvalue weighted by molar-refractivity contribution is -0.139. The third-order valence-corrected chi connectivity index (χ3v) is 5.78. The maximum absolute atomic E-state index is 13.1. The van der Waals surface area contributed by atoms with Gasteiger partial charge in [0.25, 0.3) is 11.7 Å². The van der Waals surface area contributed by atoms with Crippen LogP contribution >= 0.6 is 0 Å². The third kappa shape index (κ3) is 3.65. The lowest BCUT2D eigenvalue weighted by atomic mass is 9.94. The number of hydrogen-bond acceptors (Lipinski definition) is 5. The van der Waals surface area contributed by atoms with Crippen LogP contribution in [-0.2, 0) is 23.2 Å². The second-order valence-electron chi connectivity index (χ2n) is 7.73. The number of aliphatic hydroxyl groups is 1. The van der Waals surface area contributed by atoms with E-state index in [1.54, 1.807) is 36.1 Å². The molecule has 4 rings (SSSR count). The van der Waals surface area contributed by atoms with Crippen molar-refractivity contribution in [2.24, 2.45) is 7.05 Å². The minimum absolute atomic E-state index is 0.109. The van der Waals surface area contributed by atoms with Crippen LogP contribution in [0.15, 0.2) is 54.6 Å². The number of aryl methyl sites for hydroxylation is 3. The van der Waals surface area contributed by atoms with Crippen LogP contribution in [0.3, 0.4) is 0 Å². The van der Waals surface area contributed by atoms with Crippen molar-refractivity contribution in [3.8, 4) is 0 Å². The third-order valence-electron chi connectivity index (χ3n) is 5.78. The smallest absolute Gasteiger partial charge is 0.295 e. The van der Waals surface area contributed by atoms with Crippen LogP contribution in [0.1, 0.15) is 35.0 Å². The lowest BCUT2D eigenvalue weighted by Gasteiger charge is -2.25. The van der Waals surface area contributed by atoms with Gasteiger partial charge in [-0.15, -0.1) is 0 Å². The minimum Gasteiger partial charge on any atom is -0.507 e. The molecule has 1 aliphatic rings. The molecule has 0 radical (unpaired) electrons. The Morgan fingerprint density at radius 2 is 1.87 bits per heavy atom. The molecule has 1 N–H and O–H groups in total. The molecule has 8 heteroatoms. The number of aromatic nitrogens is 4. The summed E-state index contributed by atoms with van der Waals surface area (Å²) in [5.41, 5.74) is 2.73. The predicted molar refractivity (Wildman–Crippen MR) is 115 cm³/mol. The number of carbonyl (C=O) groups is 2. The quantitative estimate of drug-likeness (QED) is 0.377. The number of aliphatic hydroxyl groups excluding tert-OH is 1. The summed E-state index contributed by atoms with van der Waals surface area (Å²) in [4.78, 5) is 31.7. The number of rotatable bonds is 6. The van der Waals surface area contributed by atoms with E-state index in [0.717, 1.165) is 11.3 Å². The SMILES string of the molecule is Cc1nn(C)c(C)c1C(O)=C1C(=O)C(=O)N(CCCn2ccnc2)[C@@H]1c1ccccc1. The first kappa shape index (κ1) is 20.6. The number of amides is 1. The van der Waals surface area contributed by atoms with E-state index in [1.165, 1.54) is 0 Å².